The first kappa shape index (κ1) is 17.4. The highest BCUT2D eigenvalue weighted by molar-refractivity contribution is 14.0. The molecule has 0 aromatic carbocycles. The smallest absolute Gasteiger partial charge is 0.191 e. The summed E-state index contributed by atoms with van der Waals surface area (Å²) in [5.74, 6) is 3.15. The molecule has 5 heteroatoms. The minimum atomic E-state index is 0. The highest BCUT2D eigenvalue weighted by atomic mass is 127. The van der Waals surface area contributed by atoms with Gasteiger partial charge in [0.2, 0.25) is 0 Å². The first-order valence-corrected chi connectivity index (χ1v) is 8.48. The van der Waals surface area contributed by atoms with Crippen molar-refractivity contribution in [2.75, 3.05) is 31.1 Å². The molecule has 2 aliphatic rings. The van der Waals surface area contributed by atoms with Gasteiger partial charge in [-0.05, 0) is 18.3 Å². The molecule has 0 spiro atoms. The molecule has 2 rings (SSSR count). The van der Waals surface area contributed by atoms with Gasteiger partial charge in [-0.2, -0.15) is 11.8 Å². The van der Waals surface area contributed by atoms with Crippen LogP contribution in [0.2, 0.25) is 0 Å². The van der Waals surface area contributed by atoms with Crippen molar-refractivity contribution in [1.29, 1.82) is 0 Å². The Morgan fingerprint density at radius 2 is 1.74 bits per heavy atom. The van der Waals surface area contributed by atoms with E-state index in [1.54, 1.807) is 0 Å². The van der Waals surface area contributed by atoms with E-state index < -0.39 is 0 Å². The van der Waals surface area contributed by atoms with Crippen LogP contribution in [0, 0.1) is 5.41 Å². The van der Waals surface area contributed by atoms with E-state index in [0.29, 0.717) is 5.41 Å². The zero-order valence-electron chi connectivity index (χ0n) is 12.1. The number of nitrogens with zero attached hydrogens (tertiary/aromatic N) is 2. The van der Waals surface area contributed by atoms with Crippen LogP contribution in [-0.2, 0) is 0 Å². The lowest BCUT2D eigenvalue weighted by molar-refractivity contribution is 0.288. The van der Waals surface area contributed by atoms with Gasteiger partial charge in [0, 0.05) is 31.1 Å². The Labute approximate surface area is 139 Å². The van der Waals surface area contributed by atoms with Gasteiger partial charge in [-0.25, -0.2) is 0 Å². The predicted molar refractivity (Wildman–Crippen MR) is 96.6 cm³/mol. The molecule has 1 saturated heterocycles. The van der Waals surface area contributed by atoms with Crippen molar-refractivity contribution in [3.05, 3.63) is 0 Å². The molecule has 0 atom stereocenters. The third kappa shape index (κ3) is 5.69. The Bertz CT molecular complexity index is 282. The van der Waals surface area contributed by atoms with Gasteiger partial charge < -0.3 is 10.6 Å². The van der Waals surface area contributed by atoms with Crippen molar-refractivity contribution in [1.82, 2.24) is 4.90 Å². The third-order valence-corrected chi connectivity index (χ3v) is 5.21. The summed E-state index contributed by atoms with van der Waals surface area (Å²) in [5.41, 5.74) is 6.52. The second-order valence-electron chi connectivity index (χ2n) is 6.00. The third-order valence-electron chi connectivity index (χ3n) is 4.27. The van der Waals surface area contributed by atoms with E-state index in [0.717, 1.165) is 25.6 Å². The van der Waals surface area contributed by atoms with Gasteiger partial charge in [0.25, 0.3) is 0 Å². The number of nitrogens with two attached hydrogens (primary N) is 1. The summed E-state index contributed by atoms with van der Waals surface area (Å²) in [6.45, 7) is 5.44. The molecule has 0 radical (unpaired) electrons. The van der Waals surface area contributed by atoms with Crippen molar-refractivity contribution in [2.45, 2.75) is 45.4 Å². The lowest BCUT2D eigenvalue weighted by Gasteiger charge is -2.30. The number of rotatable bonds is 2. The number of aliphatic imine (C=N–C) groups is 1. The Hall–Kier alpha value is 0.350. The minimum absolute atomic E-state index is 0. The van der Waals surface area contributed by atoms with E-state index >= 15 is 0 Å². The second kappa shape index (κ2) is 8.60. The van der Waals surface area contributed by atoms with Crippen molar-refractivity contribution < 1.29 is 0 Å². The lowest BCUT2D eigenvalue weighted by atomic mass is 9.83. The van der Waals surface area contributed by atoms with Gasteiger partial charge in [0.15, 0.2) is 5.96 Å². The summed E-state index contributed by atoms with van der Waals surface area (Å²) >= 11 is 2.01. The first-order chi connectivity index (χ1) is 8.70. The molecule has 112 valence electrons. The fraction of sp³-hybridized carbons (Fsp3) is 0.929. The second-order valence-corrected chi connectivity index (χ2v) is 7.22. The van der Waals surface area contributed by atoms with Crippen LogP contribution in [0.15, 0.2) is 4.99 Å². The van der Waals surface area contributed by atoms with Crippen molar-refractivity contribution in [2.24, 2.45) is 16.1 Å². The predicted octanol–water partition coefficient (Wildman–Crippen LogP) is 3.33. The summed E-state index contributed by atoms with van der Waals surface area (Å²) in [7, 11) is 0. The number of halogens is 1. The quantitative estimate of drug-likeness (QED) is 0.336. The van der Waals surface area contributed by atoms with Gasteiger partial charge >= 0.3 is 0 Å². The molecule has 0 bridgehead atoms. The van der Waals surface area contributed by atoms with Gasteiger partial charge in [0.05, 0.1) is 0 Å². The maximum Gasteiger partial charge on any atom is 0.191 e. The molecule has 0 unspecified atom stereocenters. The maximum absolute atomic E-state index is 6.13. The summed E-state index contributed by atoms with van der Waals surface area (Å²) < 4.78 is 0. The molecule has 0 amide bonds. The molecule has 1 aliphatic heterocycles. The fourth-order valence-electron chi connectivity index (χ4n) is 2.90. The number of guanidine groups is 1. The number of hydrogen-bond acceptors (Lipinski definition) is 2. The number of thioether (sulfide) groups is 1. The first-order valence-electron chi connectivity index (χ1n) is 7.32. The van der Waals surface area contributed by atoms with Crippen molar-refractivity contribution in [3.63, 3.8) is 0 Å². The molecule has 1 saturated carbocycles. The van der Waals surface area contributed by atoms with Gasteiger partial charge in [-0.1, -0.05) is 32.6 Å². The highest BCUT2D eigenvalue weighted by Gasteiger charge is 2.25. The lowest BCUT2D eigenvalue weighted by Crippen LogP contribution is -2.43. The van der Waals surface area contributed by atoms with Crippen LogP contribution in [0.4, 0.5) is 0 Å². The monoisotopic (exact) mass is 397 g/mol. The summed E-state index contributed by atoms with van der Waals surface area (Å²) in [6, 6.07) is 0. The van der Waals surface area contributed by atoms with E-state index in [2.05, 4.69) is 11.8 Å². The molecule has 1 aliphatic carbocycles. The van der Waals surface area contributed by atoms with E-state index in [1.807, 2.05) is 11.8 Å². The zero-order valence-corrected chi connectivity index (χ0v) is 15.2. The van der Waals surface area contributed by atoms with Gasteiger partial charge in [-0.15, -0.1) is 24.0 Å². The van der Waals surface area contributed by atoms with Crippen LogP contribution in [0.25, 0.3) is 0 Å². The minimum Gasteiger partial charge on any atom is -0.370 e. The molecule has 1 heterocycles. The zero-order chi connectivity index (χ0) is 12.8. The Morgan fingerprint density at radius 3 is 2.32 bits per heavy atom. The molecular weight excluding hydrogens is 369 g/mol. The molecule has 19 heavy (non-hydrogen) atoms. The Morgan fingerprint density at radius 1 is 1.16 bits per heavy atom. The standard InChI is InChI=1S/C14H27N3S.HI/c1-14(6-4-2-3-5-7-14)12-16-13(15)17-8-10-18-11-9-17;/h2-12H2,1H3,(H2,15,16);1H. The molecule has 3 nitrogen and oxygen atoms in total. The molecule has 0 aromatic heterocycles. The summed E-state index contributed by atoms with van der Waals surface area (Å²) in [6.07, 6.45) is 8.17. The average Bonchev–Trinajstić information content (AvgIpc) is 2.62. The van der Waals surface area contributed by atoms with Crippen LogP contribution in [0.3, 0.4) is 0 Å². The van der Waals surface area contributed by atoms with E-state index in [-0.39, 0.29) is 24.0 Å². The van der Waals surface area contributed by atoms with E-state index in [4.69, 9.17) is 10.7 Å². The Balaban J connectivity index is 0.00000180. The summed E-state index contributed by atoms with van der Waals surface area (Å²) in [5, 5.41) is 0. The van der Waals surface area contributed by atoms with Crippen LogP contribution in [-0.4, -0.2) is 42.0 Å². The van der Waals surface area contributed by atoms with E-state index in [9.17, 15) is 0 Å². The topological polar surface area (TPSA) is 41.6 Å². The number of hydrogen-bond donors (Lipinski definition) is 1. The normalized spacial score (nSPS) is 24.5. The SMILES string of the molecule is CC1(CN=C(N)N2CCSCC2)CCCCCC1.I. The Kier molecular flexibility index (Phi) is 7.87. The highest BCUT2D eigenvalue weighted by Crippen LogP contribution is 2.34. The van der Waals surface area contributed by atoms with Crippen LogP contribution in [0.5, 0.6) is 0 Å². The molecule has 0 aromatic rings. The van der Waals surface area contributed by atoms with Crippen LogP contribution in [0.1, 0.15) is 45.4 Å². The van der Waals surface area contributed by atoms with E-state index in [1.165, 1.54) is 50.0 Å². The molecule has 2 fully saturated rings. The van der Waals surface area contributed by atoms with Gasteiger partial charge in [-0.3, -0.25) is 4.99 Å². The van der Waals surface area contributed by atoms with Crippen LogP contribution < -0.4 is 5.73 Å². The van der Waals surface area contributed by atoms with Crippen LogP contribution >= 0.6 is 35.7 Å². The van der Waals surface area contributed by atoms with Gasteiger partial charge in [0.1, 0.15) is 0 Å². The van der Waals surface area contributed by atoms with Crippen molar-refractivity contribution >= 4 is 41.7 Å². The summed E-state index contributed by atoms with van der Waals surface area (Å²) in [4.78, 5) is 6.94. The maximum atomic E-state index is 6.13. The molecular formula is C14H28IN3S. The average molecular weight is 397 g/mol. The van der Waals surface area contributed by atoms with Crippen molar-refractivity contribution in [3.8, 4) is 0 Å². The fourth-order valence-corrected chi connectivity index (χ4v) is 3.81. The molecule has 2 N–H and O–H groups in total. The largest absolute Gasteiger partial charge is 0.370 e.